The number of ether oxygens (including phenoxy) is 2. The highest BCUT2D eigenvalue weighted by molar-refractivity contribution is 5.84. The van der Waals surface area contributed by atoms with Crippen molar-refractivity contribution in [1.82, 2.24) is 14.4 Å². The maximum Gasteiger partial charge on any atom is 0.140 e. The van der Waals surface area contributed by atoms with Crippen LogP contribution < -0.4 is 4.74 Å². The van der Waals surface area contributed by atoms with Crippen LogP contribution in [0.5, 0.6) is 5.75 Å². The lowest BCUT2D eigenvalue weighted by molar-refractivity contribution is -0.120. The second-order valence-corrected chi connectivity index (χ2v) is 7.67. The van der Waals surface area contributed by atoms with E-state index in [4.69, 9.17) is 14.5 Å². The van der Waals surface area contributed by atoms with E-state index in [0.29, 0.717) is 6.61 Å². The van der Waals surface area contributed by atoms with Crippen LogP contribution in [0.2, 0.25) is 0 Å². The zero-order valence-electron chi connectivity index (χ0n) is 15.5. The second-order valence-electron chi connectivity index (χ2n) is 7.67. The van der Waals surface area contributed by atoms with Gasteiger partial charge in [0, 0.05) is 23.1 Å². The van der Waals surface area contributed by atoms with Crippen LogP contribution in [0.3, 0.4) is 0 Å². The van der Waals surface area contributed by atoms with Crippen molar-refractivity contribution in [1.29, 1.82) is 0 Å². The van der Waals surface area contributed by atoms with Crippen molar-refractivity contribution in [3.63, 3.8) is 0 Å². The van der Waals surface area contributed by atoms with Gasteiger partial charge in [-0.15, -0.1) is 0 Å². The Hall–Kier alpha value is -2.92. The first-order valence-corrected chi connectivity index (χ1v) is 9.16. The molecule has 4 aromatic rings. The summed E-state index contributed by atoms with van der Waals surface area (Å²) < 4.78 is 13.3. The van der Waals surface area contributed by atoms with Gasteiger partial charge in [-0.3, -0.25) is 4.40 Å². The van der Waals surface area contributed by atoms with Crippen LogP contribution >= 0.6 is 0 Å². The second kappa shape index (κ2) is 6.06. The number of fused-ring (bicyclic) bond motifs is 2. The molecule has 0 N–H and O–H groups in total. The fourth-order valence-electron chi connectivity index (χ4n) is 3.47. The van der Waals surface area contributed by atoms with Crippen LogP contribution in [0.15, 0.2) is 54.9 Å². The Kier molecular flexibility index (Phi) is 3.65. The van der Waals surface area contributed by atoms with E-state index in [2.05, 4.69) is 43.1 Å². The van der Waals surface area contributed by atoms with Crippen molar-refractivity contribution in [2.75, 3.05) is 19.8 Å². The molecule has 0 spiro atoms. The SMILES string of the molecule is Cc1cccc2ccc(-c3cnc4cc(OCC5(C)COC5)ccn34)nc12. The van der Waals surface area contributed by atoms with E-state index in [1.807, 2.05) is 35.0 Å². The number of para-hydroxylation sites is 1. The van der Waals surface area contributed by atoms with Gasteiger partial charge in [-0.2, -0.15) is 0 Å². The molecule has 1 fully saturated rings. The van der Waals surface area contributed by atoms with Gasteiger partial charge in [0.25, 0.3) is 0 Å². The summed E-state index contributed by atoms with van der Waals surface area (Å²) in [6.07, 6.45) is 3.86. The molecule has 1 aliphatic heterocycles. The van der Waals surface area contributed by atoms with Crippen molar-refractivity contribution >= 4 is 16.6 Å². The molecular weight excluding hydrogens is 338 g/mol. The molecule has 5 nitrogen and oxygen atoms in total. The molecular formula is C22H21N3O2. The molecule has 1 saturated heterocycles. The number of hydrogen-bond donors (Lipinski definition) is 0. The Morgan fingerprint density at radius 2 is 2.07 bits per heavy atom. The minimum Gasteiger partial charge on any atom is -0.493 e. The van der Waals surface area contributed by atoms with Crippen molar-refractivity contribution in [3.8, 4) is 17.1 Å². The zero-order chi connectivity index (χ0) is 18.4. The topological polar surface area (TPSA) is 48.7 Å². The lowest BCUT2D eigenvalue weighted by Crippen LogP contribution is -2.44. The van der Waals surface area contributed by atoms with Crippen LogP contribution in [0.1, 0.15) is 12.5 Å². The van der Waals surface area contributed by atoms with E-state index in [-0.39, 0.29) is 5.41 Å². The fraction of sp³-hybridized carbons (Fsp3) is 0.273. The molecule has 3 aromatic heterocycles. The Labute approximate surface area is 157 Å². The highest BCUT2D eigenvalue weighted by Gasteiger charge is 2.34. The number of aryl methyl sites for hydroxylation is 1. The third-order valence-corrected chi connectivity index (χ3v) is 5.16. The van der Waals surface area contributed by atoms with Crippen molar-refractivity contribution in [3.05, 3.63) is 60.4 Å². The Morgan fingerprint density at radius 1 is 1.19 bits per heavy atom. The van der Waals surface area contributed by atoms with Gasteiger partial charge >= 0.3 is 0 Å². The Bertz CT molecular complexity index is 1140. The summed E-state index contributed by atoms with van der Waals surface area (Å²) >= 11 is 0. The van der Waals surface area contributed by atoms with E-state index in [1.165, 1.54) is 5.56 Å². The molecule has 5 heteroatoms. The monoisotopic (exact) mass is 359 g/mol. The normalized spacial score (nSPS) is 15.8. The summed E-state index contributed by atoms with van der Waals surface area (Å²) in [5.74, 6) is 0.829. The standard InChI is InChI=1S/C22H21N3O2/c1-15-4-3-5-16-6-7-18(24-21(15)16)19-11-23-20-10-17(8-9-25(19)20)27-14-22(2)12-26-13-22/h3-11H,12-14H2,1-2H3. The summed E-state index contributed by atoms with van der Waals surface area (Å²) in [5.41, 5.74) is 5.06. The van der Waals surface area contributed by atoms with Gasteiger partial charge in [-0.05, 0) is 24.6 Å². The summed E-state index contributed by atoms with van der Waals surface area (Å²) in [4.78, 5) is 9.43. The number of benzene rings is 1. The summed E-state index contributed by atoms with van der Waals surface area (Å²) in [5, 5.41) is 1.15. The molecule has 4 heterocycles. The first-order chi connectivity index (χ1) is 13.1. The average molecular weight is 359 g/mol. The van der Waals surface area contributed by atoms with Crippen LogP contribution in [-0.2, 0) is 4.74 Å². The molecule has 0 aliphatic carbocycles. The lowest BCUT2D eigenvalue weighted by atomic mass is 9.90. The molecule has 5 rings (SSSR count). The first-order valence-electron chi connectivity index (χ1n) is 9.16. The smallest absolute Gasteiger partial charge is 0.140 e. The molecule has 0 saturated carbocycles. The van der Waals surface area contributed by atoms with Crippen molar-refractivity contribution in [2.24, 2.45) is 5.41 Å². The number of nitrogens with zero attached hydrogens (tertiary/aromatic N) is 3. The number of aromatic nitrogens is 3. The van der Waals surface area contributed by atoms with Gasteiger partial charge in [0.05, 0.1) is 42.9 Å². The minimum atomic E-state index is 0.125. The van der Waals surface area contributed by atoms with Crippen LogP contribution in [0, 0.1) is 12.3 Å². The predicted octanol–water partition coefficient (Wildman–Crippen LogP) is 4.27. The van der Waals surface area contributed by atoms with Gasteiger partial charge in [-0.1, -0.05) is 31.2 Å². The maximum atomic E-state index is 5.96. The average Bonchev–Trinajstić information content (AvgIpc) is 3.08. The summed E-state index contributed by atoms with van der Waals surface area (Å²) in [7, 11) is 0. The minimum absolute atomic E-state index is 0.125. The molecule has 1 aliphatic rings. The van der Waals surface area contributed by atoms with E-state index in [0.717, 1.165) is 46.9 Å². The summed E-state index contributed by atoms with van der Waals surface area (Å²) in [6, 6.07) is 14.3. The predicted molar refractivity (Wildman–Crippen MR) is 105 cm³/mol. The van der Waals surface area contributed by atoms with Crippen molar-refractivity contribution in [2.45, 2.75) is 13.8 Å². The van der Waals surface area contributed by atoms with E-state index >= 15 is 0 Å². The molecule has 0 radical (unpaired) electrons. The lowest BCUT2D eigenvalue weighted by Gasteiger charge is -2.37. The van der Waals surface area contributed by atoms with E-state index in [1.54, 1.807) is 0 Å². The zero-order valence-corrected chi connectivity index (χ0v) is 15.5. The first kappa shape index (κ1) is 16.3. The quantitative estimate of drug-likeness (QED) is 0.546. The number of pyridine rings is 2. The fourth-order valence-corrected chi connectivity index (χ4v) is 3.47. The van der Waals surface area contributed by atoms with Crippen LogP contribution in [0.25, 0.3) is 27.9 Å². The molecule has 136 valence electrons. The molecule has 0 atom stereocenters. The van der Waals surface area contributed by atoms with Crippen LogP contribution in [0.4, 0.5) is 0 Å². The Morgan fingerprint density at radius 3 is 2.89 bits per heavy atom. The molecule has 0 amide bonds. The summed E-state index contributed by atoms with van der Waals surface area (Å²) in [6.45, 7) is 6.44. The number of rotatable bonds is 4. The molecule has 27 heavy (non-hydrogen) atoms. The highest BCUT2D eigenvalue weighted by atomic mass is 16.5. The third-order valence-electron chi connectivity index (χ3n) is 5.16. The van der Waals surface area contributed by atoms with Gasteiger partial charge in [-0.25, -0.2) is 9.97 Å². The molecule has 0 unspecified atom stereocenters. The molecule has 0 bridgehead atoms. The highest BCUT2D eigenvalue weighted by Crippen LogP contribution is 2.29. The van der Waals surface area contributed by atoms with Gasteiger partial charge in [0.1, 0.15) is 11.4 Å². The maximum absolute atomic E-state index is 5.96. The van der Waals surface area contributed by atoms with Crippen LogP contribution in [-0.4, -0.2) is 34.2 Å². The van der Waals surface area contributed by atoms with Gasteiger partial charge in [0.15, 0.2) is 0 Å². The van der Waals surface area contributed by atoms with Gasteiger partial charge in [0.2, 0.25) is 0 Å². The number of hydrogen-bond acceptors (Lipinski definition) is 4. The largest absolute Gasteiger partial charge is 0.493 e. The Balaban J connectivity index is 1.48. The third kappa shape index (κ3) is 2.84. The van der Waals surface area contributed by atoms with Crippen molar-refractivity contribution < 1.29 is 9.47 Å². The molecule has 1 aromatic carbocycles. The van der Waals surface area contributed by atoms with E-state index in [9.17, 15) is 0 Å². The van der Waals surface area contributed by atoms with Gasteiger partial charge < -0.3 is 9.47 Å². The number of imidazole rings is 1. The van der Waals surface area contributed by atoms with E-state index < -0.39 is 0 Å².